The first-order valence-electron chi connectivity index (χ1n) is 7.11. The molecule has 0 N–H and O–H groups in total. The summed E-state index contributed by atoms with van der Waals surface area (Å²) in [5.74, 6) is 0.923. The van der Waals surface area contributed by atoms with E-state index in [4.69, 9.17) is 9.47 Å². The summed E-state index contributed by atoms with van der Waals surface area (Å²) in [6.07, 6.45) is 0. The largest absolute Gasteiger partial charge is 0.494 e. The molecule has 1 rings (SSSR count). The van der Waals surface area contributed by atoms with Crippen molar-refractivity contribution < 1.29 is 14.3 Å². The van der Waals surface area contributed by atoms with E-state index >= 15 is 0 Å². The third-order valence-electron chi connectivity index (χ3n) is 3.03. The van der Waals surface area contributed by atoms with E-state index in [2.05, 4.69) is 4.90 Å². The number of hydrogen-bond acceptors (Lipinski definition) is 4. The van der Waals surface area contributed by atoms with Gasteiger partial charge in [0.25, 0.3) is 0 Å². The first-order valence-corrected chi connectivity index (χ1v) is 7.11. The summed E-state index contributed by atoms with van der Waals surface area (Å²) in [6, 6.07) is 5.62. The summed E-state index contributed by atoms with van der Waals surface area (Å²) in [5.41, 5.74) is 1.76. The fraction of sp³-hybridized carbons (Fsp3) is 0.562. The fourth-order valence-electron chi connectivity index (χ4n) is 1.95. The van der Waals surface area contributed by atoms with Crippen molar-refractivity contribution in [1.29, 1.82) is 0 Å². The molecule has 4 nitrogen and oxygen atoms in total. The second-order valence-corrected chi connectivity index (χ2v) is 4.75. The van der Waals surface area contributed by atoms with Crippen molar-refractivity contribution in [2.24, 2.45) is 0 Å². The SMILES string of the molecule is CCOCCN(C)Cc1cc(C(C)=O)ccc1OCC. The minimum absolute atomic E-state index is 0.0752. The lowest BCUT2D eigenvalue weighted by molar-refractivity contribution is 0.101. The Hall–Kier alpha value is -1.39. The van der Waals surface area contributed by atoms with Gasteiger partial charge in [-0.05, 0) is 46.0 Å². The van der Waals surface area contributed by atoms with Gasteiger partial charge >= 0.3 is 0 Å². The van der Waals surface area contributed by atoms with Crippen LogP contribution in [0, 0.1) is 0 Å². The first-order chi connectivity index (χ1) is 9.58. The minimum atomic E-state index is 0.0752. The second-order valence-electron chi connectivity index (χ2n) is 4.75. The topological polar surface area (TPSA) is 38.8 Å². The highest BCUT2D eigenvalue weighted by Gasteiger charge is 2.10. The predicted octanol–water partition coefficient (Wildman–Crippen LogP) is 2.76. The number of benzene rings is 1. The Balaban J connectivity index is 2.78. The summed E-state index contributed by atoms with van der Waals surface area (Å²) in [7, 11) is 2.04. The maximum atomic E-state index is 11.5. The van der Waals surface area contributed by atoms with Crippen molar-refractivity contribution in [2.75, 3.05) is 33.4 Å². The van der Waals surface area contributed by atoms with Crippen LogP contribution >= 0.6 is 0 Å². The van der Waals surface area contributed by atoms with Crippen LogP contribution in [0.15, 0.2) is 18.2 Å². The van der Waals surface area contributed by atoms with Crippen LogP contribution in [-0.4, -0.2) is 44.1 Å². The zero-order valence-corrected chi connectivity index (χ0v) is 12.9. The van der Waals surface area contributed by atoms with E-state index in [1.54, 1.807) is 6.92 Å². The van der Waals surface area contributed by atoms with Crippen LogP contribution < -0.4 is 4.74 Å². The van der Waals surface area contributed by atoms with E-state index in [0.717, 1.165) is 36.6 Å². The molecule has 0 saturated carbocycles. The first kappa shape index (κ1) is 16.7. The molecule has 0 aromatic heterocycles. The molecule has 0 heterocycles. The molecule has 0 atom stereocenters. The van der Waals surface area contributed by atoms with Gasteiger partial charge in [-0.15, -0.1) is 0 Å². The van der Waals surface area contributed by atoms with Gasteiger partial charge in [0.15, 0.2) is 5.78 Å². The molecule has 0 aliphatic heterocycles. The Morgan fingerprint density at radius 1 is 1.25 bits per heavy atom. The average molecular weight is 279 g/mol. The normalized spacial score (nSPS) is 10.8. The van der Waals surface area contributed by atoms with Gasteiger partial charge in [0, 0.05) is 30.8 Å². The van der Waals surface area contributed by atoms with Crippen molar-refractivity contribution >= 4 is 5.78 Å². The Morgan fingerprint density at radius 3 is 2.60 bits per heavy atom. The van der Waals surface area contributed by atoms with Crippen LogP contribution in [0.5, 0.6) is 5.75 Å². The van der Waals surface area contributed by atoms with E-state index in [0.29, 0.717) is 13.2 Å². The standard InChI is InChI=1S/C16H25NO3/c1-5-19-10-9-17(4)12-15-11-14(13(3)18)7-8-16(15)20-6-2/h7-8,11H,5-6,9-10,12H2,1-4H3. The monoisotopic (exact) mass is 279 g/mol. The molecule has 1 aromatic carbocycles. The zero-order valence-electron chi connectivity index (χ0n) is 12.9. The van der Waals surface area contributed by atoms with Crippen molar-refractivity contribution in [3.05, 3.63) is 29.3 Å². The van der Waals surface area contributed by atoms with Gasteiger partial charge in [0.05, 0.1) is 13.2 Å². The maximum Gasteiger partial charge on any atom is 0.159 e. The van der Waals surface area contributed by atoms with Crippen molar-refractivity contribution in [3.63, 3.8) is 0 Å². The molecule has 0 fully saturated rings. The average Bonchev–Trinajstić information content (AvgIpc) is 2.41. The second kappa shape index (κ2) is 8.72. The van der Waals surface area contributed by atoms with Gasteiger partial charge < -0.3 is 9.47 Å². The number of ketones is 1. The predicted molar refractivity (Wildman–Crippen MR) is 80.4 cm³/mol. The fourth-order valence-corrected chi connectivity index (χ4v) is 1.95. The Kier molecular flexibility index (Phi) is 7.26. The van der Waals surface area contributed by atoms with E-state index < -0.39 is 0 Å². The number of nitrogens with zero attached hydrogens (tertiary/aromatic N) is 1. The van der Waals surface area contributed by atoms with Crippen LogP contribution in [0.3, 0.4) is 0 Å². The molecule has 1 aromatic rings. The molecule has 112 valence electrons. The van der Waals surface area contributed by atoms with Gasteiger partial charge in [0.2, 0.25) is 0 Å². The third kappa shape index (κ3) is 5.31. The lowest BCUT2D eigenvalue weighted by Gasteiger charge is -2.19. The van der Waals surface area contributed by atoms with Gasteiger partial charge in [-0.3, -0.25) is 9.69 Å². The number of ether oxygens (including phenoxy) is 2. The van der Waals surface area contributed by atoms with Crippen molar-refractivity contribution in [2.45, 2.75) is 27.3 Å². The van der Waals surface area contributed by atoms with Crippen molar-refractivity contribution in [1.82, 2.24) is 4.90 Å². The Bertz CT molecular complexity index is 432. The number of Topliss-reactive ketones (excluding diaryl/α,β-unsaturated/α-hetero) is 1. The van der Waals surface area contributed by atoms with E-state index in [1.165, 1.54) is 0 Å². The Morgan fingerprint density at radius 2 is 2.00 bits per heavy atom. The van der Waals surface area contributed by atoms with Gasteiger partial charge in [0.1, 0.15) is 5.75 Å². The van der Waals surface area contributed by atoms with Crippen LogP contribution in [0.4, 0.5) is 0 Å². The van der Waals surface area contributed by atoms with E-state index in [-0.39, 0.29) is 5.78 Å². The van der Waals surface area contributed by atoms with E-state index in [9.17, 15) is 4.79 Å². The molecule has 4 heteroatoms. The highest BCUT2D eigenvalue weighted by molar-refractivity contribution is 5.94. The highest BCUT2D eigenvalue weighted by Crippen LogP contribution is 2.22. The van der Waals surface area contributed by atoms with Gasteiger partial charge in [-0.25, -0.2) is 0 Å². The van der Waals surface area contributed by atoms with Crippen molar-refractivity contribution in [3.8, 4) is 5.75 Å². The molecule has 0 aliphatic carbocycles. The molecule has 20 heavy (non-hydrogen) atoms. The lowest BCUT2D eigenvalue weighted by atomic mass is 10.1. The van der Waals surface area contributed by atoms with E-state index in [1.807, 2.05) is 39.1 Å². The van der Waals surface area contributed by atoms with Crippen LogP contribution in [-0.2, 0) is 11.3 Å². The third-order valence-corrected chi connectivity index (χ3v) is 3.03. The quantitative estimate of drug-likeness (QED) is 0.514. The molecule has 0 spiro atoms. The lowest BCUT2D eigenvalue weighted by Crippen LogP contribution is -2.23. The molecular formula is C16H25NO3. The molecule has 0 radical (unpaired) electrons. The Labute approximate surface area is 121 Å². The molecule has 0 aliphatic rings. The van der Waals surface area contributed by atoms with Crippen LogP contribution in [0.2, 0.25) is 0 Å². The van der Waals surface area contributed by atoms with Gasteiger partial charge in [-0.2, -0.15) is 0 Å². The number of carbonyl (C=O) groups is 1. The molecule has 0 bridgehead atoms. The highest BCUT2D eigenvalue weighted by atomic mass is 16.5. The maximum absolute atomic E-state index is 11.5. The molecular weight excluding hydrogens is 254 g/mol. The number of hydrogen-bond donors (Lipinski definition) is 0. The molecule has 0 amide bonds. The summed E-state index contributed by atoms with van der Waals surface area (Å²) in [6.45, 7) is 9.19. The minimum Gasteiger partial charge on any atom is -0.494 e. The van der Waals surface area contributed by atoms with Gasteiger partial charge in [-0.1, -0.05) is 0 Å². The smallest absolute Gasteiger partial charge is 0.159 e. The summed E-state index contributed by atoms with van der Waals surface area (Å²) >= 11 is 0. The van der Waals surface area contributed by atoms with Crippen LogP contribution in [0.25, 0.3) is 0 Å². The molecule has 0 unspecified atom stereocenters. The molecule has 0 saturated heterocycles. The summed E-state index contributed by atoms with van der Waals surface area (Å²) in [4.78, 5) is 13.7. The number of carbonyl (C=O) groups excluding carboxylic acids is 1. The summed E-state index contributed by atoms with van der Waals surface area (Å²) < 4.78 is 11.0. The summed E-state index contributed by atoms with van der Waals surface area (Å²) in [5, 5.41) is 0. The number of rotatable bonds is 9. The number of likely N-dealkylation sites (N-methyl/N-ethyl adjacent to an activating group) is 1. The zero-order chi connectivity index (χ0) is 15.0. The van der Waals surface area contributed by atoms with Crippen LogP contribution in [0.1, 0.15) is 36.7 Å².